The van der Waals surface area contributed by atoms with Crippen LogP contribution in [-0.4, -0.2) is 36.5 Å². The molecule has 4 heteroatoms. The molecule has 62 valence electrons. The van der Waals surface area contributed by atoms with Crippen LogP contribution < -0.4 is 5.32 Å². The lowest BCUT2D eigenvalue weighted by atomic mass is 10.4. The van der Waals surface area contributed by atoms with E-state index in [2.05, 4.69) is 15.3 Å². The van der Waals surface area contributed by atoms with Gasteiger partial charge in [-0.2, -0.15) is 0 Å². The Hall–Kier alpha value is -0.740. The summed E-state index contributed by atoms with van der Waals surface area (Å²) in [5, 5.41) is 11.4. The molecule has 0 bridgehead atoms. The van der Waals surface area contributed by atoms with Gasteiger partial charge in [-0.25, -0.2) is 0 Å². The molecule has 1 aliphatic rings. The first-order valence-corrected chi connectivity index (χ1v) is 3.72. The number of aliphatic hydroxyl groups excluding tert-OH is 1. The van der Waals surface area contributed by atoms with Gasteiger partial charge in [0.1, 0.15) is 6.17 Å². The molecule has 0 amide bonds. The third kappa shape index (κ3) is 2.78. The Morgan fingerprint density at radius 3 is 3.18 bits per heavy atom. The van der Waals surface area contributed by atoms with Crippen molar-refractivity contribution in [2.45, 2.75) is 25.6 Å². The molecule has 0 aromatic carbocycles. The maximum atomic E-state index is 8.55. The van der Waals surface area contributed by atoms with Crippen molar-refractivity contribution >= 4 is 12.4 Å². The summed E-state index contributed by atoms with van der Waals surface area (Å²) < 4.78 is 0. The van der Waals surface area contributed by atoms with E-state index >= 15 is 0 Å². The summed E-state index contributed by atoms with van der Waals surface area (Å²) in [6, 6.07) is 0.167. The van der Waals surface area contributed by atoms with Gasteiger partial charge in [0, 0.05) is 18.9 Å². The first kappa shape index (κ1) is 8.36. The van der Waals surface area contributed by atoms with Crippen molar-refractivity contribution < 1.29 is 5.11 Å². The van der Waals surface area contributed by atoms with Crippen molar-refractivity contribution in [1.82, 2.24) is 5.32 Å². The molecule has 0 aromatic heterocycles. The molecule has 0 saturated heterocycles. The van der Waals surface area contributed by atoms with E-state index in [1.807, 2.05) is 13.1 Å². The van der Waals surface area contributed by atoms with Crippen LogP contribution in [0.15, 0.2) is 9.98 Å². The van der Waals surface area contributed by atoms with Crippen LogP contribution in [0, 0.1) is 0 Å². The topological polar surface area (TPSA) is 57.0 Å². The number of hydrogen-bond acceptors (Lipinski definition) is 4. The molecule has 0 aromatic rings. The van der Waals surface area contributed by atoms with Crippen molar-refractivity contribution in [3.63, 3.8) is 0 Å². The second-order valence-corrected chi connectivity index (χ2v) is 2.48. The zero-order chi connectivity index (χ0) is 8.10. The molecule has 2 N–H and O–H groups in total. The van der Waals surface area contributed by atoms with Crippen LogP contribution in [0.3, 0.4) is 0 Å². The van der Waals surface area contributed by atoms with Crippen molar-refractivity contribution in [3.8, 4) is 0 Å². The lowest BCUT2D eigenvalue weighted by Crippen LogP contribution is -2.28. The highest BCUT2D eigenvalue weighted by molar-refractivity contribution is 5.71. The largest absolute Gasteiger partial charge is 0.381 e. The molecule has 0 spiro atoms. The molecular formula is C7H13N3O. The SMILES string of the molecule is CC1C=NC(NCO)CC=N1. The molecule has 0 radical (unpaired) electrons. The van der Waals surface area contributed by atoms with E-state index in [0.717, 1.165) is 6.42 Å². The molecule has 2 atom stereocenters. The Morgan fingerprint density at radius 2 is 2.45 bits per heavy atom. The Morgan fingerprint density at radius 1 is 1.64 bits per heavy atom. The molecule has 1 aliphatic heterocycles. The highest BCUT2D eigenvalue weighted by atomic mass is 16.3. The quantitative estimate of drug-likeness (QED) is 0.542. The summed E-state index contributed by atoms with van der Waals surface area (Å²) >= 11 is 0. The highest BCUT2D eigenvalue weighted by Gasteiger charge is 2.05. The summed E-state index contributed by atoms with van der Waals surface area (Å²) in [5.41, 5.74) is 0. The molecule has 4 nitrogen and oxygen atoms in total. The Balaban J connectivity index is 2.45. The van der Waals surface area contributed by atoms with Gasteiger partial charge in [0.2, 0.25) is 0 Å². The van der Waals surface area contributed by atoms with E-state index in [9.17, 15) is 0 Å². The second kappa shape index (κ2) is 4.20. The molecule has 1 rings (SSSR count). The van der Waals surface area contributed by atoms with E-state index in [1.54, 1.807) is 6.21 Å². The number of nitrogens with zero attached hydrogens (tertiary/aromatic N) is 2. The van der Waals surface area contributed by atoms with Crippen molar-refractivity contribution in [2.75, 3.05) is 6.73 Å². The molecule has 0 fully saturated rings. The van der Waals surface area contributed by atoms with Crippen molar-refractivity contribution in [2.24, 2.45) is 9.98 Å². The van der Waals surface area contributed by atoms with Gasteiger partial charge in [-0.1, -0.05) is 0 Å². The minimum absolute atomic E-state index is 0.00583. The van der Waals surface area contributed by atoms with E-state index in [-0.39, 0.29) is 18.9 Å². The fourth-order valence-electron chi connectivity index (χ4n) is 0.896. The standard InChI is InChI=1S/C7H13N3O/c1-6-4-9-7(10-5-11)2-3-8-6/h3-4,6-7,10-11H,2,5H2,1H3. The summed E-state index contributed by atoms with van der Waals surface area (Å²) in [6.45, 7) is 1.94. The van der Waals surface area contributed by atoms with Crippen LogP contribution in [0.25, 0.3) is 0 Å². The summed E-state index contributed by atoms with van der Waals surface area (Å²) in [5.74, 6) is 0. The van der Waals surface area contributed by atoms with E-state index in [0.29, 0.717) is 0 Å². The molecule has 1 heterocycles. The van der Waals surface area contributed by atoms with Gasteiger partial charge in [-0.05, 0) is 6.92 Å². The molecule has 11 heavy (non-hydrogen) atoms. The molecular weight excluding hydrogens is 142 g/mol. The van der Waals surface area contributed by atoms with Crippen LogP contribution in [0.5, 0.6) is 0 Å². The number of nitrogens with one attached hydrogen (secondary N) is 1. The zero-order valence-electron chi connectivity index (χ0n) is 6.57. The van der Waals surface area contributed by atoms with Gasteiger partial charge in [0.15, 0.2) is 0 Å². The summed E-state index contributed by atoms with van der Waals surface area (Å²) in [6.07, 6.45) is 4.37. The smallest absolute Gasteiger partial charge is 0.106 e. The first-order chi connectivity index (χ1) is 5.33. The number of aliphatic hydroxyl groups is 1. The lowest BCUT2D eigenvalue weighted by molar-refractivity contribution is 0.244. The van der Waals surface area contributed by atoms with Crippen molar-refractivity contribution in [3.05, 3.63) is 0 Å². The minimum Gasteiger partial charge on any atom is -0.381 e. The number of aliphatic imine (C=N–C) groups is 2. The Kier molecular flexibility index (Phi) is 3.19. The third-order valence-corrected chi connectivity index (χ3v) is 1.48. The monoisotopic (exact) mass is 155 g/mol. The van der Waals surface area contributed by atoms with Gasteiger partial charge >= 0.3 is 0 Å². The summed E-state index contributed by atoms with van der Waals surface area (Å²) in [7, 11) is 0. The highest BCUT2D eigenvalue weighted by Crippen LogP contribution is 1.97. The Bertz CT molecular complexity index is 167. The molecule has 2 unspecified atom stereocenters. The van der Waals surface area contributed by atoms with Gasteiger partial charge < -0.3 is 5.11 Å². The van der Waals surface area contributed by atoms with Gasteiger partial charge in [0.05, 0.1) is 12.8 Å². The normalized spacial score (nSPS) is 30.4. The van der Waals surface area contributed by atoms with Gasteiger partial charge in [0.25, 0.3) is 0 Å². The van der Waals surface area contributed by atoms with E-state index in [1.165, 1.54) is 0 Å². The Labute approximate surface area is 66.1 Å². The fraction of sp³-hybridized carbons (Fsp3) is 0.714. The van der Waals surface area contributed by atoms with Gasteiger partial charge in [-0.15, -0.1) is 0 Å². The fourth-order valence-corrected chi connectivity index (χ4v) is 0.896. The van der Waals surface area contributed by atoms with Crippen LogP contribution in [0.4, 0.5) is 0 Å². The average Bonchev–Trinajstić information content (AvgIpc) is 2.17. The molecule has 0 aliphatic carbocycles. The molecule has 0 saturated carbocycles. The third-order valence-electron chi connectivity index (χ3n) is 1.48. The maximum Gasteiger partial charge on any atom is 0.106 e. The van der Waals surface area contributed by atoms with E-state index in [4.69, 9.17) is 5.11 Å². The minimum atomic E-state index is -0.0375. The maximum absolute atomic E-state index is 8.55. The number of rotatable bonds is 2. The zero-order valence-corrected chi connectivity index (χ0v) is 6.57. The lowest BCUT2D eigenvalue weighted by Gasteiger charge is -2.07. The predicted molar refractivity (Wildman–Crippen MR) is 45.1 cm³/mol. The second-order valence-electron chi connectivity index (χ2n) is 2.48. The van der Waals surface area contributed by atoms with E-state index < -0.39 is 0 Å². The predicted octanol–water partition coefficient (Wildman–Crippen LogP) is -0.214. The van der Waals surface area contributed by atoms with Crippen LogP contribution in [0.2, 0.25) is 0 Å². The van der Waals surface area contributed by atoms with Crippen LogP contribution >= 0.6 is 0 Å². The van der Waals surface area contributed by atoms with Crippen molar-refractivity contribution in [1.29, 1.82) is 0 Å². The summed E-state index contributed by atoms with van der Waals surface area (Å²) in [4.78, 5) is 8.33. The van der Waals surface area contributed by atoms with Crippen LogP contribution in [0.1, 0.15) is 13.3 Å². The average molecular weight is 155 g/mol. The van der Waals surface area contributed by atoms with Gasteiger partial charge in [-0.3, -0.25) is 15.3 Å². The first-order valence-electron chi connectivity index (χ1n) is 3.72. The van der Waals surface area contributed by atoms with Crippen LogP contribution in [-0.2, 0) is 0 Å². The number of hydrogen-bond donors (Lipinski definition) is 2.